The van der Waals surface area contributed by atoms with Gasteiger partial charge in [0, 0.05) is 34.1 Å². The van der Waals surface area contributed by atoms with Gasteiger partial charge >= 0.3 is 0 Å². The summed E-state index contributed by atoms with van der Waals surface area (Å²) in [5, 5.41) is 0. The fourth-order valence-electron chi connectivity index (χ4n) is 2.19. The molecule has 0 atom stereocenters. The molecule has 0 spiro atoms. The van der Waals surface area contributed by atoms with Crippen molar-refractivity contribution in [2.45, 2.75) is 44.7 Å². The second-order valence-corrected chi connectivity index (χ2v) is 8.90. The zero-order valence-electron chi connectivity index (χ0n) is 12.7. The lowest BCUT2D eigenvalue weighted by atomic mass is 10.2. The van der Waals surface area contributed by atoms with Gasteiger partial charge in [-0.15, -0.1) is 0 Å². The van der Waals surface area contributed by atoms with E-state index in [9.17, 15) is 8.42 Å². The quantitative estimate of drug-likeness (QED) is 0.702. The minimum atomic E-state index is -3.50. The molecule has 0 saturated heterocycles. The Kier molecular flexibility index (Phi) is 7.33. The Morgan fingerprint density at radius 2 is 1.71 bits per heavy atom. The third-order valence-electron chi connectivity index (χ3n) is 3.17. The summed E-state index contributed by atoms with van der Waals surface area (Å²) in [4.78, 5) is 2.51. The molecule has 0 aliphatic rings. The number of benzene rings is 1. The van der Waals surface area contributed by atoms with Crippen molar-refractivity contribution >= 4 is 41.9 Å². The molecule has 1 N–H and O–H groups in total. The molecule has 0 unspecified atom stereocenters. The van der Waals surface area contributed by atoms with Crippen molar-refractivity contribution in [2.75, 3.05) is 13.1 Å². The van der Waals surface area contributed by atoms with E-state index >= 15 is 0 Å². The van der Waals surface area contributed by atoms with Gasteiger partial charge in [0.1, 0.15) is 0 Å². The van der Waals surface area contributed by atoms with Gasteiger partial charge in [-0.25, -0.2) is 13.1 Å². The maximum absolute atomic E-state index is 12.3. The normalized spacial score (nSPS) is 12.6. The highest BCUT2D eigenvalue weighted by atomic mass is 79.9. The van der Waals surface area contributed by atoms with Crippen molar-refractivity contribution in [1.82, 2.24) is 9.62 Å². The van der Waals surface area contributed by atoms with Crippen molar-refractivity contribution in [2.24, 2.45) is 0 Å². The molecule has 4 nitrogen and oxygen atoms in total. The molecule has 120 valence electrons. The number of nitrogens with zero attached hydrogens (tertiary/aromatic N) is 1. The largest absolute Gasteiger partial charge is 0.297 e. The van der Waals surface area contributed by atoms with Gasteiger partial charge in [-0.1, -0.05) is 15.9 Å². The molecule has 1 rings (SSSR count). The predicted molar refractivity (Wildman–Crippen MR) is 94.0 cm³/mol. The van der Waals surface area contributed by atoms with Gasteiger partial charge in [0.05, 0.1) is 4.90 Å². The van der Waals surface area contributed by atoms with Gasteiger partial charge in [-0.05, 0) is 61.8 Å². The van der Waals surface area contributed by atoms with Crippen LogP contribution in [-0.2, 0) is 10.0 Å². The van der Waals surface area contributed by atoms with Crippen molar-refractivity contribution in [3.8, 4) is 0 Å². The van der Waals surface area contributed by atoms with Crippen molar-refractivity contribution in [3.05, 3.63) is 27.1 Å². The molecule has 0 aliphatic carbocycles. The Morgan fingerprint density at radius 3 is 2.19 bits per heavy atom. The van der Waals surface area contributed by atoms with Crippen LogP contribution in [0.25, 0.3) is 0 Å². The molecule has 0 aliphatic heterocycles. The molecule has 0 aromatic heterocycles. The van der Waals surface area contributed by atoms with Gasteiger partial charge < -0.3 is 0 Å². The Labute approximate surface area is 144 Å². The number of hydrogen-bond donors (Lipinski definition) is 1. The predicted octanol–water partition coefficient (Wildman–Crippen LogP) is 3.61. The van der Waals surface area contributed by atoms with Crippen LogP contribution < -0.4 is 4.72 Å². The summed E-state index contributed by atoms with van der Waals surface area (Å²) in [7, 11) is -3.50. The standard InChI is InChI=1S/C14H22Br2N2O2S/c1-10(2)18(11(3)4)8-7-17-21(19,20)14-6-5-12(15)9-13(14)16/h5-6,9-11,17H,7-8H2,1-4H3. The van der Waals surface area contributed by atoms with E-state index in [0.29, 0.717) is 29.6 Å². The van der Waals surface area contributed by atoms with Crippen LogP contribution >= 0.6 is 31.9 Å². The number of hydrogen-bond acceptors (Lipinski definition) is 3. The summed E-state index contributed by atoms with van der Waals surface area (Å²) < 4.78 is 28.7. The fraction of sp³-hybridized carbons (Fsp3) is 0.571. The smallest absolute Gasteiger partial charge is 0.241 e. The Hall–Kier alpha value is 0.0500. The topological polar surface area (TPSA) is 49.4 Å². The van der Waals surface area contributed by atoms with E-state index in [1.807, 2.05) is 0 Å². The highest BCUT2D eigenvalue weighted by molar-refractivity contribution is 9.11. The first-order valence-electron chi connectivity index (χ1n) is 6.85. The van der Waals surface area contributed by atoms with Gasteiger partial charge in [0.25, 0.3) is 0 Å². The van der Waals surface area contributed by atoms with Crippen molar-refractivity contribution in [3.63, 3.8) is 0 Å². The lowest BCUT2D eigenvalue weighted by Crippen LogP contribution is -2.42. The monoisotopic (exact) mass is 440 g/mol. The molecule has 0 fully saturated rings. The van der Waals surface area contributed by atoms with Crippen molar-refractivity contribution < 1.29 is 8.42 Å². The van der Waals surface area contributed by atoms with Crippen LogP contribution in [0.5, 0.6) is 0 Å². The molecule has 0 radical (unpaired) electrons. The highest BCUT2D eigenvalue weighted by Gasteiger charge is 2.19. The number of sulfonamides is 1. The van der Waals surface area contributed by atoms with E-state index in [1.165, 1.54) is 0 Å². The van der Waals surface area contributed by atoms with E-state index < -0.39 is 10.0 Å². The summed E-state index contributed by atoms with van der Waals surface area (Å²) in [6.45, 7) is 9.52. The third kappa shape index (κ3) is 5.63. The zero-order valence-corrected chi connectivity index (χ0v) is 16.7. The lowest BCUT2D eigenvalue weighted by molar-refractivity contribution is 0.179. The number of halogens is 2. The zero-order chi connectivity index (χ0) is 16.2. The molecular formula is C14H22Br2N2O2S. The minimum absolute atomic E-state index is 0.256. The maximum atomic E-state index is 12.3. The van der Waals surface area contributed by atoms with Crippen LogP contribution in [0.15, 0.2) is 32.0 Å². The SMILES string of the molecule is CC(C)N(CCNS(=O)(=O)c1ccc(Br)cc1Br)C(C)C. The molecule has 0 heterocycles. The molecule has 0 bridgehead atoms. The highest BCUT2D eigenvalue weighted by Crippen LogP contribution is 2.25. The van der Waals surface area contributed by atoms with Gasteiger partial charge in [0.15, 0.2) is 0 Å². The van der Waals surface area contributed by atoms with E-state index in [1.54, 1.807) is 18.2 Å². The molecule has 1 aromatic rings. The van der Waals surface area contributed by atoms with E-state index in [2.05, 4.69) is 69.2 Å². The van der Waals surface area contributed by atoms with Gasteiger partial charge in [0.2, 0.25) is 10.0 Å². The summed E-state index contributed by atoms with van der Waals surface area (Å²) in [5.41, 5.74) is 0. The van der Waals surface area contributed by atoms with Crippen molar-refractivity contribution in [1.29, 1.82) is 0 Å². The Morgan fingerprint density at radius 1 is 1.14 bits per heavy atom. The molecule has 7 heteroatoms. The van der Waals surface area contributed by atoms with Crippen LogP contribution in [0, 0.1) is 0 Å². The molecule has 0 amide bonds. The average Bonchev–Trinajstić information content (AvgIpc) is 2.33. The molecule has 0 saturated carbocycles. The van der Waals surface area contributed by atoms with Gasteiger partial charge in [-0.3, -0.25) is 4.90 Å². The van der Waals surface area contributed by atoms with Crippen LogP contribution in [0.3, 0.4) is 0 Å². The minimum Gasteiger partial charge on any atom is -0.297 e. The maximum Gasteiger partial charge on any atom is 0.241 e. The second kappa shape index (κ2) is 8.06. The van der Waals surface area contributed by atoms with Crippen LogP contribution in [0.1, 0.15) is 27.7 Å². The number of nitrogens with one attached hydrogen (secondary N) is 1. The fourth-order valence-corrected chi connectivity index (χ4v) is 4.96. The summed E-state index contributed by atoms with van der Waals surface area (Å²) >= 11 is 6.61. The van der Waals surface area contributed by atoms with E-state index in [4.69, 9.17) is 0 Å². The third-order valence-corrected chi connectivity index (χ3v) is 6.10. The van der Waals surface area contributed by atoms with E-state index in [-0.39, 0.29) is 4.90 Å². The van der Waals surface area contributed by atoms with E-state index in [0.717, 1.165) is 4.47 Å². The first-order chi connectivity index (χ1) is 9.65. The van der Waals surface area contributed by atoms with Crippen LogP contribution in [0.2, 0.25) is 0 Å². The van der Waals surface area contributed by atoms with Crippen LogP contribution in [0.4, 0.5) is 0 Å². The summed E-state index contributed by atoms with van der Waals surface area (Å²) in [6.07, 6.45) is 0. The second-order valence-electron chi connectivity index (χ2n) is 5.40. The molecule has 21 heavy (non-hydrogen) atoms. The Balaban J connectivity index is 2.73. The first-order valence-corrected chi connectivity index (χ1v) is 9.92. The number of rotatable bonds is 7. The van der Waals surface area contributed by atoms with Gasteiger partial charge in [-0.2, -0.15) is 0 Å². The first kappa shape index (κ1) is 19.1. The molecule has 1 aromatic carbocycles. The summed E-state index contributed by atoms with van der Waals surface area (Å²) in [5.74, 6) is 0. The molecular weight excluding hydrogens is 420 g/mol. The average molecular weight is 442 g/mol. The van der Waals surface area contributed by atoms with Crippen LogP contribution in [-0.4, -0.2) is 38.5 Å². The Bertz CT molecular complexity index is 566. The summed E-state index contributed by atoms with van der Waals surface area (Å²) in [6, 6.07) is 5.79. The lowest BCUT2D eigenvalue weighted by Gasteiger charge is -2.30.